The third-order valence-corrected chi connectivity index (χ3v) is 4.32. The summed E-state index contributed by atoms with van der Waals surface area (Å²) >= 11 is 0. The van der Waals surface area contributed by atoms with Crippen LogP contribution in [-0.2, 0) is 11.3 Å². The number of likely N-dealkylation sites (tertiary alicyclic amines) is 1. The molecule has 1 heterocycles. The van der Waals surface area contributed by atoms with Gasteiger partial charge >= 0.3 is 0 Å². The molecule has 122 valence electrons. The average molecular weight is 303 g/mol. The maximum Gasteiger partial charge on any atom is 0.239 e. The summed E-state index contributed by atoms with van der Waals surface area (Å²) in [6, 6.07) is 10.6. The lowest BCUT2D eigenvalue weighted by Gasteiger charge is -2.42. The largest absolute Gasteiger partial charge is 0.335 e. The summed E-state index contributed by atoms with van der Waals surface area (Å²) in [5.74, 6) is 0.0709. The number of nitrogens with two attached hydrogens (primary N) is 1. The minimum absolute atomic E-state index is 0.0709. The minimum Gasteiger partial charge on any atom is -0.335 e. The normalized spacial score (nSPS) is 20.9. The van der Waals surface area contributed by atoms with Crippen LogP contribution in [0.3, 0.4) is 0 Å². The second kappa shape index (κ2) is 7.75. The lowest BCUT2D eigenvalue weighted by molar-refractivity contribution is -0.138. The number of nitrogens with zero attached hydrogens (tertiary/aromatic N) is 2. The van der Waals surface area contributed by atoms with Crippen molar-refractivity contribution in [2.24, 2.45) is 5.73 Å². The van der Waals surface area contributed by atoms with E-state index in [2.05, 4.69) is 43.0 Å². The van der Waals surface area contributed by atoms with Gasteiger partial charge < -0.3 is 10.6 Å². The van der Waals surface area contributed by atoms with Crippen molar-refractivity contribution >= 4 is 5.91 Å². The monoisotopic (exact) mass is 303 g/mol. The second-order valence-electron chi connectivity index (χ2n) is 6.64. The van der Waals surface area contributed by atoms with Gasteiger partial charge in [-0.1, -0.05) is 30.3 Å². The lowest BCUT2D eigenvalue weighted by atomic mass is 10.0. The Bertz CT molecular complexity index is 472. The highest BCUT2D eigenvalue weighted by molar-refractivity contribution is 5.81. The number of carbonyl (C=O) groups excluding carboxylic acids is 1. The first-order chi connectivity index (χ1) is 10.5. The van der Waals surface area contributed by atoms with E-state index in [1.54, 1.807) is 6.92 Å². The van der Waals surface area contributed by atoms with Crippen molar-refractivity contribution in [3.05, 3.63) is 35.9 Å². The molecule has 1 fully saturated rings. The van der Waals surface area contributed by atoms with Gasteiger partial charge in [-0.2, -0.15) is 0 Å². The summed E-state index contributed by atoms with van der Waals surface area (Å²) in [4.78, 5) is 16.9. The van der Waals surface area contributed by atoms with Crippen LogP contribution in [0, 0.1) is 0 Å². The van der Waals surface area contributed by atoms with Crippen molar-refractivity contribution in [1.82, 2.24) is 9.80 Å². The molecule has 0 unspecified atom stereocenters. The van der Waals surface area contributed by atoms with Crippen molar-refractivity contribution in [1.29, 1.82) is 0 Å². The molecule has 1 amide bonds. The molecule has 22 heavy (non-hydrogen) atoms. The number of carbonyl (C=O) groups is 1. The zero-order chi connectivity index (χ0) is 16.1. The molecule has 1 aromatic rings. The molecule has 2 N–H and O–H groups in total. The van der Waals surface area contributed by atoms with Crippen LogP contribution in [0.1, 0.15) is 39.2 Å². The van der Waals surface area contributed by atoms with Crippen LogP contribution >= 0.6 is 0 Å². The van der Waals surface area contributed by atoms with Gasteiger partial charge in [0.1, 0.15) is 0 Å². The number of hydrogen-bond donors (Lipinski definition) is 1. The molecule has 0 spiro atoms. The molecule has 0 aliphatic carbocycles. The molecule has 1 saturated heterocycles. The van der Waals surface area contributed by atoms with Crippen molar-refractivity contribution in [2.75, 3.05) is 13.1 Å². The molecule has 1 aliphatic rings. The SMILES string of the molecule is CC(C)N(C(=O)[C@H](C)N)[C@@H]1CCCN(Cc2ccccc2)C1. The molecular formula is C18H29N3O. The van der Waals surface area contributed by atoms with E-state index in [0.29, 0.717) is 0 Å². The first-order valence-corrected chi connectivity index (χ1v) is 8.33. The van der Waals surface area contributed by atoms with Crippen LogP contribution in [0.15, 0.2) is 30.3 Å². The van der Waals surface area contributed by atoms with Crippen LogP contribution < -0.4 is 5.73 Å². The molecule has 1 aromatic carbocycles. The van der Waals surface area contributed by atoms with Gasteiger partial charge in [0.2, 0.25) is 5.91 Å². The Morgan fingerprint density at radius 2 is 2.00 bits per heavy atom. The van der Waals surface area contributed by atoms with Crippen molar-refractivity contribution in [3.8, 4) is 0 Å². The van der Waals surface area contributed by atoms with Gasteiger partial charge in [0.25, 0.3) is 0 Å². The highest BCUT2D eigenvalue weighted by Gasteiger charge is 2.31. The predicted molar refractivity (Wildman–Crippen MR) is 90.4 cm³/mol. The Labute approximate surface area is 134 Å². The standard InChI is InChI=1S/C18H29N3O/c1-14(2)21(18(22)15(3)19)17-10-7-11-20(13-17)12-16-8-5-4-6-9-16/h4-6,8-9,14-15,17H,7,10-13,19H2,1-3H3/t15-,17+/m0/s1. The quantitative estimate of drug-likeness (QED) is 0.907. The van der Waals surface area contributed by atoms with Gasteiger partial charge in [-0.3, -0.25) is 9.69 Å². The van der Waals surface area contributed by atoms with Crippen molar-refractivity contribution in [2.45, 2.75) is 58.3 Å². The maximum atomic E-state index is 12.4. The summed E-state index contributed by atoms with van der Waals surface area (Å²) in [6.45, 7) is 8.93. The Morgan fingerprint density at radius 3 is 2.59 bits per heavy atom. The molecule has 2 rings (SSSR count). The second-order valence-corrected chi connectivity index (χ2v) is 6.64. The number of benzene rings is 1. The fraction of sp³-hybridized carbons (Fsp3) is 0.611. The smallest absolute Gasteiger partial charge is 0.239 e. The van der Waals surface area contributed by atoms with E-state index >= 15 is 0 Å². The van der Waals surface area contributed by atoms with Crippen LogP contribution in [-0.4, -0.2) is 46.9 Å². The number of hydrogen-bond acceptors (Lipinski definition) is 3. The molecule has 0 bridgehead atoms. The van der Waals surface area contributed by atoms with Crippen molar-refractivity contribution in [3.63, 3.8) is 0 Å². The van der Waals surface area contributed by atoms with Gasteiger partial charge in [0.05, 0.1) is 6.04 Å². The number of piperidine rings is 1. The topological polar surface area (TPSA) is 49.6 Å². The summed E-state index contributed by atoms with van der Waals surface area (Å²) in [5.41, 5.74) is 7.17. The Hall–Kier alpha value is -1.39. The number of rotatable bonds is 5. The first kappa shape index (κ1) is 17.0. The zero-order valence-electron chi connectivity index (χ0n) is 14.0. The number of amides is 1. The van der Waals surface area contributed by atoms with Crippen LogP contribution in [0.5, 0.6) is 0 Å². The van der Waals surface area contributed by atoms with E-state index in [0.717, 1.165) is 32.5 Å². The maximum absolute atomic E-state index is 12.4. The van der Waals surface area contributed by atoms with Crippen LogP contribution in [0.25, 0.3) is 0 Å². The Morgan fingerprint density at radius 1 is 1.32 bits per heavy atom. The summed E-state index contributed by atoms with van der Waals surface area (Å²) in [7, 11) is 0. The van der Waals surface area contributed by atoms with Crippen LogP contribution in [0.2, 0.25) is 0 Å². The van der Waals surface area contributed by atoms with Gasteiger partial charge in [-0.25, -0.2) is 0 Å². The third-order valence-electron chi connectivity index (χ3n) is 4.32. The third kappa shape index (κ3) is 4.31. The molecule has 4 nitrogen and oxygen atoms in total. The molecule has 4 heteroatoms. The van der Waals surface area contributed by atoms with E-state index in [1.165, 1.54) is 5.56 Å². The van der Waals surface area contributed by atoms with Crippen LogP contribution in [0.4, 0.5) is 0 Å². The highest BCUT2D eigenvalue weighted by Crippen LogP contribution is 2.20. The molecule has 0 aromatic heterocycles. The highest BCUT2D eigenvalue weighted by atomic mass is 16.2. The first-order valence-electron chi connectivity index (χ1n) is 8.33. The fourth-order valence-electron chi connectivity index (χ4n) is 3.33. The van der Waals surface area contributed by atoms with E-state index in [9.17, 15) is 4.79 Å². The van der Waals surface area contributed by atoms with E-state index < -0.39 is 6.04 Å². The van der Waals surface area contributed by atoms with E-state index in [1.807, 2.05) is 11.0 Å². The Balaban J connectivity index is 2.03. The van der Waals surface area contributed by atoms with Crippen molar-refractivity contribution < 1.29 is 4.79 Å². The van der Waals surface area contributed by atoms with E-state index in [4.69, 9.17) is 5.73 Å². The van der Waals surface area contributed by atoms with Gasteiger partial charge in [0.15, 0.2) is 0 Å². The molecule has 1 aliphatic heterocycles. The van der Waals surface area contributed by atoms with Gasteiger partial charge in [-0.05, 0) is 45.7 Å². The lowest BCUT2D eigenvalue weighted by Crippen LogP contribution is -2.56. The zero-order valence-corrected chi connectivity index (χ0v) is 14.0. The van der Waals surface area contributed by atoms with E-state index in [-0.39, 0.29) is 18.0 Å². The Kier molecular flexibility index (Phi) is 5.98. The minimum atomic E-state index is -0.424. The summed E-state index contributed by atoms with van der Waals surface area (Å²) < 4.78 is 0. The predicted octanol–water partition coefficient (Wildman–Crippen LogP) is 2.24. The fourth-order valence-corrected chi connectivity index (χ4v) is 3.33. The average Bonchev–Trinajstić information content (AvgIpc) is 2.48. The summed E-state index contributed by atoms with van der Waals surface area (Å²) in [6.07, 6.45) is 2.20. The van der Waals surface area contributed by atoms with Gasteiger partial charge in [-0.15, -0.1) is 0 Å². The molecule has 0 radical (unpaired) electrons. The summed E-state index contributed by atoms with van der Waals surface area (Å²) in [5, 5.41) is 0. The molecule has 0 saturated carbocycles. The molecular weight excluding hydrogens is 274 g/mol. The molecule has 2 atom stereocenters. The van der Waals surface area contributed by atoms with Gasteiger partial charge in [0, 0.05) is 25.2 Å².